The number of nitrogens with one attached hydrogen (secondary N) is 1. The van der Waals surface area contributed by atoms with Crippen LogP contribution >= 0.6 is 12.4 Å². The number of hydrogen-bond donors (Lipinski definition) is 2. The Kier molecular flexibility index (Phi) is 7.72. The van der Waals surface area contributed by atoms with Crippen molar-refractivity contribution in [3.63, 3.8) is 0 Å². The van der Waals surface area contributed by atoms with Gasteiger partial charge >= 0.3 is 0 Å². The lowest BCUT2D eigenvalue weighted by Gasteiger charge is -2.19. The highest BCUT2D eigenvalue weighted by Gasteiger charge is 2.31. The molecule has 3 N–H and O–H groups in total. The number of methoxy groups -OCH3 is 2. The maximum absolute atomic E-state index is 14.2. The minimum atomic E-state index is -0.533. The first-order chi connectivity index (χ1) is 11.0. The van der Waals surface area contributed by atoms with Crippen LogP contribution in [0.1, 0.15) is 31.4 Å². The Hall–Kier alpha value is -1.57. The highest BCUT2D eigenvalue weighted by molar-refractivity contribution is 5.85. The molecule has 0 aliphatic carbocycles. The summed E-state index contributed by atoms with van der Waals surface area (Å²) in [5.74, 6) is -0.0206. The minimum absolute atomic E-state index is 0. The Morgan fingerprint density at radius 1 is 1.38 bits per heavy atom. The maximum Gasteiger partial charge on any atom is 0.249 e. The fraction of sp³-hybridized carbons (Fsp3) is 0.562. The predicted octanol–water partition coefficient (Wildman–Crippen LogP) is 1.95. The van der Waals surface area contributed by atoms with Gasteiger partial charge in [0.15, 0.2) is 11.5 Å². The fourth-order valence-electron chi connectivity index (χ4n) is 2.66. The van der Waals surface area contributed by atoms with E-state index in [0.717, 1.165) is 6.42 Å². The highest BCUT2D eigenvalue weighted by Crippen LogP contribution is 2.32. The van der Waals surface area contributed by atoms with Crippen molar-refractivity contribution in [1.82, 2.24) is 5.32 Å². The largest absolute Gasteiger partial charge is 0.493 e. The van der Waals surface area contributed by atoms with Gasteiger partial charge in [0.1, 0.15) is 11.9 Å². The molecule has 1 amide bonds. The third kappa shape index (κ3) is 4.49. The molecule has 6 nitrogen and oxygen atoms in total. The predicted molar refractivity (Wildman–Crippen MR) is 90.3 cm³/mol. The molecule has 1 saturated heterocycles. The zero-order valence-corrected chi connectivity index (χ0v) is 14.8. The van der Waals surface area contributed by atoms with Gasteiger partial charge in [-0.15, -0.1) is 12.4 Å². The van der Waals surface area contributed by atoms with E-state index in [-0.39, 0.29) is 24.4 Å². The van der Waals surface area contributed by atoms with Gasteiger partial charge in [-0.05, 0) is 25.8 Å². The number of benzene rings is 1. The molecule has 1 heterocycles. The molecule has 1 aliphatic rings. The van der Waals surface area contributed by atoms with Crippen LogP contribution in [0.25, 0.3) is 0 Å². The zero-order valence-electron chi connectivity index (χ0n) is 14.0. The number of carbonyl (C=O) groups excluding carboxylic acids is 1. The molecular formula is C16H24ClFN2O4. The van der Waals surface area contributed by atoms with E-state index in [9.17, 15) is 9.18 Å². The molecule has 0 saturated carbocycles. The quantitative estimate of drug-likeness (QED) is 0.808. The highest BCUT2D eigenvalue weighted by atomic mass is 35.5. The monoisotopic (exact) mass is 362 g/mol. The Morgan fingerprint density at radius 3 is 2.54 bits per heavy atom. The van der Waals surface area contributed by atoms with Gasteiger partial charge < -0.3 is 25.3 Å². The number of rotatable bonds is 6. The number of carbonyl (C=O) groups is 1. The van der Waals surface area contributed by atoms with Crippen LogP contribution in [0.15, 0.2) is 12.1 Å². The summed E-state index contributed by atoms with van der Waals surface area (Å²) in [6.45, 7) is 2.10. The second-order valence-corrected chi connectivity index (χ2v) is 5.52. The molecule has 1 unspecified atom stereocenters. The maximum atomic E-state index is 14.2. The smallest absolute Gasteiger partial charge is 0.249 e. The van der Waals surface area contributed by atoms with Crippen molar-refractivity contribution in [3.05, 3.63) is 23.5 Å². The molecule has 0 aromatic heterocycles. The first-order valence-electron chi connectivity index (χ1n) is 7.57. The van der Waals surface area contributed by atoms with Gasteiger partial charge in [0.25, 0.3) is 0 Å². The number of nitrogens with two attached hydrogens (primary N) is 1. The fourth-order valence-corrected chi connectivity index (χ4v) is 2.66. The van der Waals surface area contributed by atoms with Gasteiger partial charge in [-0.1, -0.05) is 0 Å². The first-order valence-corrected chi connectivity index (χ1v) is 7.57. The van der Waals surface area contributed by atoms with Gasteiger partial charge in [0.2, 0.25) is 5.91 Å². The van der Waals surface area contributed by atoms with Gasteiger partial charge in [0, 0.05) is 18.2 Å². The summed E-state index contributed by atoms with van der Waals surface area (Å²) in [4.78, 5) is 12.2. The number of hydrogen-bond acceptors (Lipinski definition) is 5. The number of amides is 1. The van der Waals surface area contributed by atoms with Crippen molar-refractivity contribution in [2.24, 2.45) is 5.73 Å². The zero-order chi connectivity index (χ0) is 17.0. The standard InChI is InChI=1S/C16H23FN2O4.ClH/c1-9(19-16(20)13-5-4-10(8-18)23-13)11-6-14(21-2)15(22-3)7-12(11)17;/h6-7,9-10,13H,4-5,8,18H2,1-3H3,(H,19,20);1H/t9?,10-,13+;/m1./s1. The van der Waals surface area contributed by atoms with E-state index < -0.39 is 18.0 Å². The van der Waals surface area contributed by atoms with Crippen LogP contribution in [0, 0.1) is 5.82 Å². The molecule has 1 aromatic rings. The Morgan fingerprint density at radius 2 is 2.00 bits per heavy atom. The molecule has 1 aliphatic heterocycles. The van der Waals surface area contributed by atoms with Crippen molar-refractivity contribution < 1.29 is 23.4 Å². The lowest BCUT2D eigenvalue weighted by Crippen LogP contribution is -2.37. The van der Waals surface area contributed by atoms with E-state index in [1.54, 1.807) is 6.92 Å². The van der Waals surface area contributed by atoms with Crippen LogP contribution in [0.3, 0.4) is 0 Å². The van der Waals surface area contributed by atoms with Crippen LogP contribution in [0.5, 0.6) is 11.5 Å². The summed E-state index contributed by atoms with van der Waals surface area (Å²) >= 11 is 0. The van der Waals surface area contributed by atoms with Crippen LogP contribution in [0.2, 0.25) is 0 Å². The summed E-state index contributed by atoms with van der Waals surface area (Å²) in [5.41, 5.74) is 5.86. The molecule has 1 aromatic carbocycles. The SMILES string of the molecule is COc1cc(F)c(C(C)NC(=O)[C@@H]2CC[C@H](CN)O2)cc1OC.Cl. The summed E-state index contributed by atoms with van der Waals surface area (Å²) < 4.78 is 30.0. The molecule has 1 fully saturated rings. The minimum Gasteiger partial charge on any atom is -0.493 e. The van der Waals surface area contributed by atoms with Crippen molar-refractivity contribution in [2.45, 2.75) is 38.0 Å². The molecule has 0 spiro atoms. The molecule has 136 valence electrons. The van der Waals surface area contributed by atoms with E-state index in [2.05, 4.69) is 5.32 Å². The van der Waals surface area contributed by atoms with Crippen LogP contribution in [-0.2, 0) is 9.53 Å². The lowest BCUT2D eigenvalue weighted by atomic mass is 10.1. The van der Waals surface area contributed by atoms with Crippen molar-refractivity contribution in [1.29, 1.82) is 0 Å². The lowest BCUT2D eigenvalue weighted by molar-refractivity contribution is -0.132. The van der Waals surface area contributed by atoms with Crippen LogP contribution in [-0.4, -0.2) is 38.9 Å². The molecule has 8 heteroatoms. The molecule has 24 heavy (non-hydrogen) atoms. The van der Waals surface area contributed by atoms with E-state index in [4.69, 9.17) is 19.9 Å². The normalized spacial score (nSPS) is 20.9. The molecule has 0 bridgehead atoms. The number of ether oxygens (including phenoxy) is 3. The second-order valence-electron chi connectivity index (χ2n) is 5.52. The van der Waals surface area contributed by atoms with Crippen molar-refractivity contribution in [2.75, 3.05) is 20.8 Å². The average molecular weight is 363 g/mol. The van der Waals surface area contributed by atoms with Crippen LogP contribution in [0.4, 0.5) is 4.39 Å². The summed E-state index contributed by atoms with van der Waals surface area (Å²) in [5, 5.41) is 2.77. The third-order valence-corrected chi connectivity index (χ3v) is 3.99. The molecule has 2 rings (SSSR count). The van der Waals surface area contributed by atoms with Gasteiger partial charge in [-0.3, -0.25) is 4.79 Å². The molecular weight excluding hydrogens is 339 g/mol. The summed E-state index contributed by atoms with van der Waals surface area (Å²) in [7, 11) is 2.91. The van der Waals surface area contributed by atoms with Gasteiger partial charge in [-0.2, -0.15) is 0 Å². The number of halogens is 2. The van der Waals surface area contributed by atoms with E-state index >= 15 is 0 Å². The van der Waals surface area contributed by atoms with Crippen molar-refractivity contribution >= 4 is 18.3 Å². The average Bonchev–Trinajstić information content (AvgIpc) is 3.03. The third-order valence-electron chi connectivity index (χ3n) is 3.99. The Labute approximate surface area is 147 Å². The molecule has 3 atom stereocenters. The van der Waals surface area contributed by atoms with Crippen molar-refractivity contribution in [3.8, 4) is 11.5 Å². The summed E-state index contributed by atoms with van der Waals surface area (Å²) in [6.07, 6.45) is 0.760. The van der Waals surface area contributed by atoms with E-state index in [1.807, 2.05) is 0 Å². The summed E-state index contributed by atoms with van der Waals surface area (Å²) in [6, 6.07) is 2.24. The van der Waals surface area contributed by atoms with E-state index in [0.29, 0.717) is 30.0 Å². The van der Waals surface area contributed by atoms with Gasteiger partial charge in [0.05, 0.1) is 26.4 Å². The van der Waals surface area contributed by atoms with Gasteiger partial charge in [-0.25, -0.2) is 4.39 Å². The Balaban J connectivity index is 0.00000288. The molecule has 0 radical (unpaired) electrons. The Bertz CT molecular complexity index is 573. The topological polar surface area (TPSA) is 82.8 Å². The van der Waals surface area contributed by atoms with Crippen LogP contribution < -0.4 is 20.5 Å². The first kappa shape index (κ1) is 20.5. The van der Waals surface area contributed by atoms with E-state index in [1.165, 1.54) is 26.4 Å². The second kappa shape index (κ2) is 9.05.